The number of thiophene rings is 1. The molecule has 2 aromatic rings. The molecule has 1 saturated heterocycles. The largest absolute Gasteiger partial charge is 0.490 e. The highest BCUT2D eigenvalue weighted by Crippen LogP contribution is 2.49. The Hall–Kier alpha value is -2.46. The lowest BCUT2D eigenvalue weighted by Crippen LogP contribution is -2.34. The molecule has 168 valence electrons. The Morgan fingerprint density at radius 1 is 1.35 bits per heavy atom. The number of hydrogen-bond donors (Lipinski definition) is 1. The average Bonchev–Trinajstić information content (AvgIpc) is 3.44. The van der Waals surface area contributed by atoms with Crippen molar-refractivity contribution in [1.29, 1.82) is 0 Å². The van der Waals surface area contributed by atoms with Gasteiger partial charge in [-0.2, -0.15) is 24.5 Å². The van der Waals surface area contributed by atoms with Crippen LogP contribution < -0.4 is 0 Å². The molecule has 0 aromatic carbocycles. The maximum absolute atomic E-state index is 12.7. The van der Waals surface area contributed by atoms with Gasteiger partial charge in [-0.05, 0) is 41.8 Å². The molecule has 0 radical (unpaired) electrons. The SMILES string of the molecule is O=C(O)C(F)(F)F.O=C(c1ccsc1)N1C[C@H]2CCC[C@@]2(COCc2cccnc2)C1. The Balaban J connectivity index is 0.000000339. The molecule has 4 rings (SSSR count). The topological polar surface area (TPSA) is 79.7 Å². The first-order valence-electron chi connectivity index (χ1n) is 9.79. The highest BCUT2D eigenvalue weighted by atomic mass is 32.1. The molecule has 3 heterocycles. The van der Waals surface area contributed by atoms with Crippen molar-refractivity contribution in [2.45, 2.75) is 32.0 Å². The van der Waals surface area contributed by atoms with Gasteiger partial charge in [-0.1, -0.05) is 12.5 Å². The van der Waals surface area contributed by atoms with E-state index in [1.807, 2.05) is 40.1 Å². The van der Waals surface area contributed by atoms with E-state index < -0.39 is 12.1 Å². The Kier molecular flexibility index (Phi) is 7.32. The number of amides is 1. The minimum absolute atomic E-state index is 0.147. The Bertz CT molecular complexity index is 877. The van der Waals surface area contributed by atoms with Crippen LogP contribution >= 0.6 is 11.3 Å². The van der Waals surface area contributed by atoms with Gasteiger partial charge in [0, 0.05) is 36.3 Å². The van der Waals surface area contributed by atoms with E-state index in [1.54, 1.807) is 17.5 Å². The Morgan fingerprint density at radius 3 is 2.74 bits per heavy atom. The molecule has 1 amide bonds. The summed E-state index contributed by atoms with van der Waals surface area (Å²) in [6, 6.07) is 5.90. The predicted octanol–water partition coefficient (Wildman–Crippen LogP) is 4.24. The zero-order valence-corrected chi connectivity index (χ0v) is 17.5. The number of carbonyl (C=O) groups excluding carboxylic acids is 1. The van der Waals surface area contributed by atoms with Crippen LogP contribution in [0.1, 0.15) is 35.2 Å². The molecular formula is C21H23F3N2O4S. The highest BCUT2D eigenvalue weighted by molar-refractivity contribution is 7.08. The van der Waals surface area contributed by atoms with Crippen molar-refractivity contribution in [1.82, 2.24) is 9.88 Å². The summed E-state index contributed by atoms with van der Waals surface area (Å²) in [6.45, 7) is 3.05. The molecule has 0 unspecified atom stereocenters. The standard InChI is InChI=1S/C19H22N2O2S.C2HF3O2/c22-18(16-5-8-24-12-16)21-10-17-4-1-6-19(17,13-21)14-23-11-15-3-2-7-20-9-15;3-2(4,5)1(6)7/h2-3,5,7-9,12,17H,1,4,6,10-11,13-14H2;(H,6,7)/t17-,19+;/m1./s1. The van der Waals surface area contributed by atoms with Gasteiger partial charge < -0.3 is 14.7 Å². The number of fused-ring (bicyclic) bond motifs is 1. The summed E-state index contributed by atoms with van der Waals surface area (Å²) < 4.78 is 37.8. The van der Waals surface area contributed by atoms with Gasteiger partial charge in [0.05, 0.1) is 18.8 Å². The van der Waals surface area contributed by atoms with Gasteiger partial charge in [-0.3, -0.25) is 9.78 Å². The number of halogens is 3. The molecule has 1 aliphatic carbocycles. The quantitative estimate of drug-likeness (QED) is 0.728. The maximum Gasteiger partial charge on any atom is 0.490 e. The number of nitrogens with zero attached hydrogens (tertiary/aromatic N) is 2. The summed E-state index contributed by atoms with van der Waals surface area (Å²) in [5, 5.41) is 11.0. The second-order valence-electron chi connectivity index (χ2n) is 7.81. The maximum atomic E-state index is 12.7. The van der Waals surface area contributed by atoms with Crippen molar-refractivity contribution in [2.24, 2.45) is 11.3 Å². The molecular weight excluding hydrogens is 433 g/mol. The van der Waals surface area contributed by atoms with Crippen LogP contribution in [0, 0.1) is 11.3 Å². The number of aromatic nitrogens is 1. The number of carbonyl (C=O) groups is 2. The first kappa shape index (κ1) is 23.2. The van der Waals surface area contributed by atoms with E-state index in [9.17, 15) is 18.0 Å². The number of pyridine rings is 1. The third-order valence-electron chi connectivity index (χ3n) is 5.72. The van der Waals surface area contributed by atoms with Gasteiger partial charge >= 0.3 is 12.1 Å². The van der Waals surface area contributed by atoms with Crippen LogP contribution in [-0.2, 0) is 16.1 Å². The molecule has 0 spiro atoms. The Labute approximate surface area is 181 Å². The number of likely N-dealkylation sites (tertiary alicyclic amines) is 1. The normalized spacial score (nSPS) is 22.5. The lowest BCUT2D eigenvalue weighted by Gasteiger charge is -2.28. The zero-order chi connectivity index (χ0) is 22.5. The lowest BCUT2D eigenvalue weighted by molar-refractivity contribution is -0.192. The number of carboxylic acids is 1. The van der Waals surface area contributed by atoms with E-state index in [0.717, 1.165) is 37.2 Å². The minimum atomic E-state index is -5.08. The minimum Gasteiger partial charge on any atom is -0.475 e. The molecule has 1 aliphatic heterocycles. The van der Waals surface area contributed by atoms with Crippen LogP contribution in [0.3, 0.4) is 0 Å². The molecule has 0 bridgehead atoms. The molecule has 6 nitrogen and oxygen atoms in total. The van der Waals surface area contributed by atoms with Crippen molar-refractivity contribution < 1.29 is 32.6 Å². The van der Waals surface area contributed by atoms with Crippen molar-refractivity contribution in [3.63, 3.8) is 0 Å². The first-order chi connectivity index (χ1) is 14.7. The Morgan fingerprint density at radius 2 is 2.13 bits per heavy atom. The third kappa shape index (κ3) is 5.82. The molecule has 10 heteroatoms. The van der Waals surface area contributed by atoms with Crippen LogP contribution in [0.25, 0.3) is 0 Å². The summed E-state index contributed by atoms with van der Waals surface area (Å²) >= 11 is 1.58. The van der Waals surface area contributed by atoms with Crippen molar-refractivity contribution in [3.8, 4) is 0 Å². The van der Waals surface area contributed by atoms with E-state index in [-0.39, 0.29) is 11.3 Å². The van der Waals surface area contributed by atoms with E-state index in [2.05, 4.69) is 4.98 Å². The molecule has 1 saturated carbocycles. The van der Waals surface area contributed by atoms with Gasteiger partial charge in [-0.25, -0.2) is 4.79 Å². The fourth-order valence-electron chi connectivity index (χ4n) is 4.23. The third-order valence-corrected chi connectivity index (χ3v) is 6.40. The van der Waals surface area contributed by atoms with Gasteiger partial charge in [0.1, 0.15) is 0 Å². The van der Waals surface area contributed by atoms with Crippen molar-refractivity contribution >= 4 is 23.2 Å². The first-order valence-corrected chi connectivity index (χ1v) is 10.7. The number of hydrogen-bond acceptors (Lipinski definition) is 5. The monoisotopic (exact) mass is 456 g/mol. The number of ether oxygens (including phenoxy) is 1. The van der Waals surface area contributed by atoms with Crippen LogP contribution in [0.15, 0.2) is 41.4 Å². The molecule has 2 atom stereocenters. The number of aliphatic carboxylic acids is 1. The van der Waals surface area contributed by atoms with Gasteiger partial charge in [0.15, 0.2) is 0 Å². The second kappa shape index (κ2) is 9.78. The fourth-order valence-corrected chi connectivity index (χ4v) is 4.86. The average molecular weight is 456 g/mol. The van der Waals surface area contributed by atoms with E-state index in [4.69, 9.17) is 14.6 Å². The van der Waals surface area contributed by atoms with Gasteiger partial charge in [0.25, 0.3) is 5.91 Å². The summed E-state index contributed by atoms with van der Waals surface area (Å²) in [4.78, 5) is 27.7. The zero-order valence-electron chi connectivity index (χ0n) is 16.7. The van der Waals surface area contributed by atoms with Crippen LogP contribution in [-0.4, -0.2) is 52.7 Å². The van der Waals surface area contributed by atoms with Gasteiger partial charge in [0.2, 0.25) is 0 Å². The van der Waals surface area contributed by atoms with Crippen molar-refractivity contribution in [2.75, 3.05) is 19.7 Å². The molecule has 31 heavy (non-hydrogen) atoms. The summed E-state index contributed by atoms with van der Waals surface area (Å²) in [5.74, 6) is -2.00. The second-order valence-corrected chi connectivity index (χ2v) is 8.59. The summed E-state index contributed by atoms with van der Waals surface area (Å²) in [5.41, 5.74) is 2.08. The number of rotatable bonds is 5. The van der Waals surface area contributed by atoms with E-state index >= 15 is 0 Å². The number of alkyl halides is 3. The molecule has 2 aromatic heterocycles. The van der Waals surface area contributed by atoms with Gasteiger partial charge in [-0.15, -0.1) is 0 Å². The molecule has 1 N–H and O–H groups in total. The molecule has 2 fully saturated rings. The predicted molar refractivity (Wildman–Crippen MR) is 108 cm³/mol. The summed E-state index contributed by atoms with van der Waals surface area (Å²) in [7, 11) is 0. The fraction of sp³-hybridized carbons (Fsp3) is 0.476. The summed E-state index contributed by atoms with van der Waals surface area (Å²) in [6.07, 6.45) is 2.17. The smallest absolute Gasteiger partial charge is 0.475 e. The molecule has 2 aliphatic rings. The van der Waals surface area contributed by atoms with Crippen LogP contribution in [0.4, 0.5) is 13.2 Å². The number of carboxylic acid groups (broad SMARTS) is 1. The van der Waals surface area contributed by atoms with Crippen LogP contribution in [0.2, 0.25) is 0 Å². The lowest BCUT2D eigenvalue weighted by atomic mass is 9.81. The van der Waals surface area contributed by atoms with Crippen molar-refractivity contribution in [3.05, 3.63) is 52.5 Å². The van der Waals surface area contributed by atoms with E-state index in [1.165, 1.54) is 12.8 Å². The highest BCUT2D eigenvalue weighted by Gasteiger charge is 2.50. The van der Waals surface area contributed by atoms with Crippen LogP contribution in [0.5, 0.6) is 0 Å². The van der Waals surface area contributed by atoms with E-state index in [0.29, 0.717) is 12.5 Å².